The molecule has 2 aliphatic rings. The van der Waals surface area contributed by atoms with Crippen LogP contribution in [0.2, 0.25) is 5.02 Å². The average Bonchev–Trinajstić information content (AvgIpc) is 3.40. The second-order valence-corrected chi connectivity index (χ2v) is 7.30. The number of fused-ring (bicyclic) bond motifs is 1. The van der Waals surface area contributed by atoms with Crippen LogP contribution in [0, 0.1) is 6.92 Å². The Hall–Kier alpha value is -3.06. The Kier molecular flexibility index (Phi) is 3.98. The second kappa shape index (κ2) is 6.53. The molecule has 28 heavy (non-hydrogen) atoms. The lowest BCUT2D eigenvalue weighted by Gasteiger charge is -2.18. The third kappa shape index (κ3) is 2.88. The summed E-state index contributed by atoms with van der Waals surface area (Å²) in [7, 11) is 0. The van der Waals surface area contributed by atoms with Crippen molar-refractivity contribution in [3.05, 3.63) is 52.9 Å². The highest BCUT2D eigenvalue weighted by atomic mass is 35.5. The van der Waals surface area contributed by atoms with Crippen molar-refractivity contribution in [2.75, 3.05) is 18.2 Å². The fourth-order valence-electron chi connectivity index (χ4n) is 3.58. The number of carbonyl (C=O) groups excluding carboxylic acids is 1. The van der Waals surface area contributed by atoms with Crippen LogP contribution in [0.25, 0.3) is 11.4 Å². The summed E-state index contributed by atoms with van der Waals surface area (Å²) in [5.41, 5.74) is 2.58. The maximum atomic E-state index is 12.6. The van der Waals surface area contributed by atoms with Gasteiger partial charge in [0.25, 0.3) is 0 Å². The molecule has 0 aliphatic carbocycles. The van der Waals surface area contributed by atoms with Crippen molar-refractivity contribution in [2.45, 2.75) is 19.3 Å². The Bertz CT molecular complexity index is 1080. The number of anilines is 1. The summed E-state index contributed by atoms with van der Waals surface area (Å²) in [6.45, 7) is 2.64. The van der Waals surface area contributed by atoms with Crippen molar-refractivity contribution >= 4 is 23.2 Å². The average molecular weight is 398 g/mol. The van der Waals surface area contributed by atoms with E-state index in [1.165, 1.54) is 0 Å². The molecule has 0 saturated carbocycles. The number of ether oxygens (including phenoxy) is 2. The number of amides is 1. The molecular weight excluding hydrogens is 382 g/mol. The number of hydrogen-bond donors (Lipinski definition) is 0. The number of nitrogens with zero attached hydrogens (tertiary/aromatic N) is 3. The van der Waals surface area contributed by atoms with Crippen LogP contribution in [0.5, 0.6) is 11.5 Å². The van der Waals surface area contributed by atoms with Gasteiger partial charge in [0.2, 0.25) is 24.4 Å². The molecular formula is C20H16ClN3O4. The molecule has 2 aromatic carbocycles. The first kappa shape index (κ1) is 17.1. The standard InChI is InChI=1S/C20H16ClN3O4/c1-11-6-14(21)3-4-15(11)24-9-13(8-18(24)25)20-22-19(23-28-20)12-2-5-16-17(7-12)27-10-26-16/h2-7,13H,8-10H2,1H3. The summed E-state index contributed by atoms with van der Waals surface area (Å²) in [6.07, 6.45) is 0.324. The lowest BCUT2D eigenvalue weighted by atomic mass is 10.1. The molecule has 0 radical (unpaired) electrons. The van der Waals surface area contributed by atoms with Crippen molar-refractivity contribution in [3.63, 3.8) is 0 Å². The van der Waals surface area contributed by atoms with E-state index in [0.29, 0.717) is 41.2 Å². The van der Waals surface area contributed by atoms with Gasteiger partial charge >= 0.3 is 0 Å². The zero-order valence-corrected chi connectivity index (χ0v) is 15.8. The zero-order valence-electron chi connectivity index (χ0n) is 15.0. The summed E-state index contributed by atoms with van der Waals surface area (Å²) in [4.78, 5) is 18.8. The number of benzene rings is 2. The smallest absolute Gasteiger partial charge is 0.232 e. The number of rotatable bonds is 3. The van der Waals surface area contributed by atoms with Crippen LogP contribution in [0.3, 0.4) is 0 Å². The number of hydrogen-bond acceptors (Lipinski definition) is 6. The number of aromatic nitrogens is 2. The third-order valence-electron chi connectivity index (χ3n) is 5.00. The fourth-order valence-corrected chi connectivity index (χ4v) is 3.81. The highest BCUT2D eigenvalue weighted by Gasteiger charge is 2.35. The van der Waals surface area contributed by atoms with Crippen molar-refractivity contribution in [1.82, 2.24) is 10.1 Å². The van der Waals surface area contributed by atoms with Crippen molar-refractivity contribution in [2.24, 2.45) is 0 Å². The summed E-state index contributed by atoms with van der Waals surface area (Å²) in [5, 5.41) is 4.73. The predicted octanol–water partition coefficient (Wildman–Crippen LogP) is 3.95. The first-order chi connectivity index (χ1) is 13.6. The minimum absolute atomic E-state index is 0.0262. The van der Waals surface area contributed by atoms with Gasteiger partial charge in [0.1, 0.15) is 0 Å². The zero-order chi connectivity index (χ0) is 19.3. The van der Waals surface area contributed by atoms with E-state index in [-0.39, 0.29) is 18.6 Å². The minimum atomic E-state index is -0.155. The van der Waals surface area contributed by atoms with Crippen molar-refractivity contribution < 1.29 is 18.8 Å². The van der Waals surface area contributed by atoms with E-state index in [4.69, 9.17) is 25.6 Å². The van der Waals surface area contributed by atoms with E-state index in [9.17, 15) is 4.79 Å². The minimum Gasteiger partial charge on any atom is -0.454 e. The molecule has 0 bridgehead atoms. The lowest BCUT2D eigenvalue weighted by molar-refractivity contribution is -0.117. The van der Waals surface area contributed by atoms with Crippen LogP contribution in [0.15, 0.2) is 40.9 Å². The highest BCUT2D eigenvalue weighted by molar-refractivity contribution is 6.30. The van der Waals surface area contributed by atoms with Crippen LogP contribution in [-0.4, -0.2) is 29.4 Å². The van der Waals surface area contributed by atoms with E-state index >= 15 is 0 Å². The van der Waals surface area contributed by atoms with Gasteiger partial charge in [0.05, 0.1) is 5.92 Å². The predicted molar refractivity (Wildman–Crippen MR) is 102 cm³/mol. The van der Waals surface area contributed by atoms with Crippen LogP contribution in [0.4, 0.5) is 5.69 Å². The Balaban J connectivity index is 1.38. The Morgan fingerprint density at radius 3 is 2.86 bits per heavy atom. The molecule has 0 N–H and O–H groups in total. The quantitative estimate of drug-likeness (QED) is 0.666. The Morgan fingerprint density at radius 1 is 1.14 bits per heavy atom. The van der Waals surface area contributed by atoms with Crippen LogP contribution < -0.4 is 14.4 Å². The van der Waals surface area contributed by atoms with Crippen molar-refractivity contribution in [3.8, 4) is 22.9 Å². The van der Waals surface area contributed by atoms with Crippen LogP contribution in [-0.2, 0) is 4.79 Å². The maximum absolute atomic E-state index is 12.6. The van der Waals surface area contributed by atoms with E-state index in [1.54, 1.807) is 11.0 Å². The topological polar surface area (TPSA) is 77.7 Å². The first-order valence-electron chi connectivity index (χ1n) is 8.88. The van der Waals surface area contributed by atoms with Gasteiger partial charge < -0.3 is 18.9 Å². The van der Waals surface area contributed by atoms with Gasteiger partial charge in [0, 0.05) is 29.2 Å². The molecule has 1 unspecified atom stereocenters. The van der Waals surface area contributed by atoms with Crippen molar-refractivity contribution in [1.29, 1.82) is 0 Å². The first-order valence-corrected chi connectivity index (χ1v) is 9.26. The highest BCUT2D eigenvalue weighted by Crippen LogP contribution is 2.37. The van der Waals surface area contributed by atoms with Gasteiger partial charge in [-0.2, -0.15) is 4.98 Å². The fraction of sp³-hybridized carbons (Fsp3) is 0.250. The molecule has 0 spiro atoms. The van der Waals surface area contributed by atoms with Gasteiger partial charge in [-0.15, -0.1) is 0 Å². The molecule has 3 aromatic rings. The number of carbonyl (C=O) groups is 1. The van der Waals surface area contributed by atoms with E-state index in [1.807, 2.05) is 37.3 Å². The molecule has 1 fully saturated rings. The van der Waals surface area contributed by atoms with Gasteiger partial charge in [-0.25, -0.2) is 0 Å². The molecule has 2 aliphatic heterocycles. The second-order valence-electron chi connectivity index (χ2n) is 6.86. The third-order valence-corrected chi connectivity index (χ3v) is 5.23. The molecule has 8 heteroatoms. The summed E-state index contributed by atoms with van der Waals surface area (Å²) >= 11 is 6.03. The van der Waals surface area contributed by atoms with E-state index < -0.39 is 0 Å². The van der Waals surface area contributed by atoms with Gasteiger partial charge in [0.15, 0.2) is 11.5 Å². The summed E-state index contributed by atoms with van der Waals surface area (Å²) in [5.74, 6) is 2.14. The summed E-state index contributed by atoms with van der Waals surface area (Å²) < 4.78 is 16.2. The molecule has 3 heterocycles. The lowest BCUT2D eigenvalue weighted by Crippen LogP contribution is -2.25. The summed E-state index contributed by atoms with van der Waals surface area (Å²) in [6, 6.07) is 11.0. The van der Waals surface area contributed by atoms with Gasteiger partial charge in [-0.3, -0.25) is 4.79 Å². The monoisotopic (exact) mass is 397 g/mol. The van der Waals surface area contributed by atoms with E-state index in [2.05, 4.69) is 10.1 Å². The SMILES string of the molecule is Cc1cc(Cl)ccc1N1CC(c2nc(-c3ccc4c(c3)OCO4)no2)CC1=O. The number of halogens is 1. The maximum Gasteiger partial charge on any atom is 0.232 e. The Morgan fingerprint density at radius 2 is 2.00 bits per heavy atom. The van der Waals surface area contributed by atoms with Crippen LogP contribution >= 0.6 is 11.6 Å². The molecule has 5 rings (SSSR count). The number of aryl methyl sites for hydroxylation is 1. The molecule has 7 nitrogen and oxygen atoms in total. The van der Waals surface area contributed by atoms with Crippen LogP contribution in [0.1, 0.15) is 23.8 Å². The molecule has 1 saturated heterocycles. The Labute approximate surface area is 165 Å². The normalized spacial score (nSPS) is 18.1. The van der Waals surface area contributed by atoms with E-state index in [0.717, 1.165) is 16.8 Å². The molecule has 1 atom stereocenters. The largest absolute Gasteiger partial charge is 0.454 e. The molecule has 1 aromatic heterocycles. The van der Waals surface area contributed by atoms with Gasteiger partial charge in [-0.05, 0) is 48.9 Å². The molecule has 142 valence electrons. The van der Waals surface area contributed by atoms with Gasteiger partial charge in [-0.1, -0.05) is 16.8 Å². The molecule has 1 amide bonds.